The molecule has 3 rings (SSSR count). The van der Waals surface area contributed by atoms with Gasteiger partial charge >= 0.3 is 0 Å². The van der Waals surface area contributed by atoms with Crippen LogP contribution in [0.5, 0.6) is 0 Å². The van der Waals surface area contributed by atoms with E-state index < -0.39 is 0 Å². The average Bonchev–Trinajstić information content (AvgIpc) is 2.97. The van der Waals surface area contributed by atoms with E-state index >= 15 is 0 Å². The van der Waals surface area contributed by atoms with Crippen LogP contribution in [0.1, 0.15) is 18.4 Å². The summed E-state index contributed by atoms with van der Waals surface area (Å²) in [6, 6.07) is 2.20. The second-order valence-corrected chi connectivity index (χ2v) is 5.93. The minimum absolute atomic E-state index is 0.0360. The van der Waals surface area contributed by atoms with Crippen LogP contribution in [-0.2, 0) is 20.7 Å². The van der Waals surface area contributed by atoms with E-state index in [2.05, 4.69) is 0 Å². The first kappa shape index (κ1) is 13.1. The van der Waals surface area contributed by atoms with E-state index in [4.69, 9.17) is 9.47 Å². The van der Waals surface area contributed by atoms with Gasteiger partial charge in [0.15, 0.2) is 0 Å². The summed E-state index contributed by atoms with van der Waals surface area (Å²) >= 11 is 1.63. The maximum Gasteiger partial charge on any atom is 0.227 e. The van der Waals surface area contributed by atoms with Crippen molar-refractivity contribution in [1.29, 1.82) is 0 Å². The van der Waals surface area contributed by atoms with Gasteiger partial charge in [-0.1, -0.05) is 0 Å². The van der Waals surface area contributed by atoms with Crippen molar-refractivity contribution in [1.82, 2.24) is 4.90 Å². The summed E-state index contributed by atoms with van der Waals surface area (Å²) in [5.74, 6) is 0.191. The second kappa shape index (κ2) is 5.61. The topological polar surface area (TPSA) is 38.8 Å². The van der Waals surface area contributed by atoms with E-state index in [1.165, 1.54) is 0 Å². The first-order chi connectivity index (χ1) is 9.29. The number of hydrogen-bond donors (Lipinski definition) is 0. The predicted molar refractivity (Wildman–Crippen MR) is 73.3 cm³/mol. The third-order valence-corrected chi connectivity index (χ3v) is 4.82. The molecule has 3 atom stereocenters. The summed E-state index contributed by atoms with van der Waals surface area (Å²) in [7, 11) is 1.71. The standard InChI is InChI=1S/C14H19NO3S/c1-17-14-11-2-3-12(14)18-6-5-15(11)13(16)8-10-4-7-19-9-10/h4,7,9,11-12,14H,2-3,5-6,8H2,1H3/t11-,12-,14+/m1/s1. The lowest BCUT2D eigenvalue weighted by atomic mass is 10.1. The van der Waals surface area contributed by atoms with Gasteiger partial charge in [-0.2, -0.15) is 11.3 Å². The quantitative estimate of drug-likeness (QED) is 0.846. The maximum absolute atomic E-state index is 12.5. The Morgan fingerprint density at radius 1 is 1.58 bits per heavy atom. The highest BCUT2D eigenvalue weighted by Crippen LogP contribution is 2.32. The molecule has 2 bridgehead atoms. The summed E-state index contributed by atoms with van der Waals surface area (Å²) in [6.07, 6.45) is 2.66. The second-order valence-electron chi connectivity index (χ2n) is 5.15. The molecule has 2 aliphatic rings. The molecule has 0 aromatic carbocycles. The highest BCUT2D eigenvalue weighted by molar-refractivity contribution is 7.07. The van der Waals surface area contributed by atoms with Crippen molar-refractivity contribution in [3.05, 3.63) is 22.4 Å². The average molecular weight is 281 g/mol. The van der Waals surface area contributed by atoms with Crippen molar-refractivity contribution >= 4 is 17.2 Å². The van der Waals surface area contributed by atoms with Crippen LogP contribution in [0.25, 0.3) is 0 Å². The fourth-order valence-corrected chi connectivity index (χ4v) is 3.85. The fourth-order valence-electron chi connectivity index (χ4n) is 3.18. The van der Waals surface area contributed by atoms with Crippen LogP contribution < -0.4 is 0 Å². The van der Waals surface area contributed by atoms with Gasteiger partial charge in [0.1, 0.15) is 6.10 Å². The number of carbonyl (C=O) groups excluding carboxylic acids is 1. The lowest BCUT2D eigenvalue weighted by Crippen LogP contribution is -2.46. The van der Waals surface area contributed by atoms with Gasteiger partial charge in [-0.05, 0) is 35.2 Å². The van der Waals surface area contributed by atoms with Gasteiger partial charge in [0.2, 0.25) is 5.91 Å². The van der Waals surface area contributed by atoms with Crippen LogP contribution in [-0.4, -0.2) is 49.3 Å². The predicted octanol–water partition coefficient (Wildman–Crippen LogP) is 1.70. The van der Waals surface area contributed by atoms with Crippen LogP contribution in [0.2, 0.25) is 0 Å². The Morgan fingerprint density at radius 2 is 2.47 bits per heavy atom. The molecule has 5 heteroatoms. The molecule has 2 fully saturated rings. The van der Waals surface area contributed by atoms with E-state index in [1.807, 2.05) is 21.7 Å². The van der Waals surface area contributed by atoms with E-state index in [1.54, 1.807) is 18.4 Å². The summed E-state index contributed by atoms with van der Waals surface area (Å²) in [5, 5.41) is 4.05. The van der Waals surface area contributed by atoms with Crippen molar-refractivity contribution in [2.24, 2.45) is 0 Å². The van der Waals surface area contributed by atoms with Gasteiger partial charge in [-0.25, -0.2) is 0 Å². The van der Waals surface area contributed by atoms with Crippen LogP contribution in [0, 0.1) is 0 Å². The number of hydrogen-bond acceptors (Lipinski definition) is 4. The molecule has 1 aromatic heterocycles. The molecule has 2 heterocycles. The third-order valence-electron chi connectivity index (χ3n) is 4.09. The Kier molecular flexibility index (Phi) is 3.86. The first-order valence-electron chi connectivity index (χ1n) is 6.74. The number of methoxy groups -OCH3 is 1. The lowest BCUT2D eigenvalue weighted by Gasteiger charge is -2.30. The molecule has 1 aromatic rings. The van der Waals surface area contributed by atoms with Crippen LogP contribution in [0.3, 0.4) is 0 Å². The summed E-state index contributed by atoms with van der Waals surface area (Å²) in [5.41, 5.74) is 1.10. The highest BCUT2D eigenvalue weighted by atomic mass is 32.1. The zero-order valence-electron chi connectivity index (χ0n) is 11.1. The molecule has 0 unspecified atom stereocenters. The smallest absolute Gasteiger partial charge is 0.227 e. The Balaban J connectivity index is 1.73. The van der Waals surface area contributed by atoms with E-state index in [0.717, 1.165) is 18.4 Å². The minimum Gasteiger partial charge on any atom is -0.377 e. The molecule has 1 saturated carbocycles. The molecular formula is C14H19NO3S. The number of ether oxygens (including phenoxy) is 2. The Labute approximate surface area is 117 Å². The summed E-state index contributed by atoms with van der Waals surface area (Å²) in [4.78, 5) is 14.5. The van der Waals surface area contributed by atoms with Gasteiger partial charge in [0.25, 0.3) is 0 Å². The zero-order valence-corrected chi connectivity index (χ0v) is 11.9. The van der Waals surface area contributed by atoms with Gasteiger partial charge in [0, 0.05) is 13.7 Å². The summed E-state index contributed by atoms with van der Waals surface area (Å²) < 4.78 is 11.4. The molecule has 0 spiro atoms. The number of rotatable bonds is 3. The largest absolute Gasteiger partial charge is 0.377 e. The minimum atomic E-state index is 0.0360. The molecule has 0 N–H and O–H groups in total. The first-order valence-corrected chi connectivity index (χ1v) is 7.69. The van der Waals surface area contributed by atoms with Crippen molar-refractivity contribution in [2.45, 2.75) is 37.5 Å². The van der Waals surface area contributed by atoms with E-state index in [-0.39, 0.29) is 24.2 Å². The Morgan fingerprint density at radius 3 is 3.21 bits per heavy atom. The monoisotopic (exact) mass is 281 g/mol. The maximum atomic E-state index is 12.5. The van der Waals surface area contributed by atoms with Crippen LogP contribution in [0.4, 0.5) is 0 Å². The fraction of sp³-hybridized carbons (Fsp3) is 0.643. The van der Waals surface area contributed by atoms with Crippen LogP contribution >= 0.6 is 11.3 Å². The van der Waals surface area contributed by atoms with Gasteiger partial charge in [-0.15, -0.1) is 0 Å². The Hall–Kier alpha value is -0.910. The highest BCUT2D eigenvalue weighted by Gasteiger charge is 2.43. The number of nitrogens with zero attached hydrogens (tertiary/aromatic N) is 1. The Bertz CT molecular complexity index is 434. The van der Waals surface area contributed by atoms with Crippen molar-refractivity contribution in [3.8, 4) is 0 Å². The van der Waals surface area contributed by atoms with E-state index in [9.17, 15) is 4.79 Å². The van der Waals surface area contributed by atoms with Gasteiger partial charge in [0.05, 0.1) is 25.2 Å². The van der Waals surface area contributed by atoms with Gasteiger partial charge in [-0.3, -0.25) is 4.79 Å². The number of amides is 1. The molecule has 19 heavy (non-hydrogen) atoms. The normalized spacial score (nSPS) is 30.4. The van der Waals surface area contributed by atoms with Crippen molar-refractivity contribution in [3.63, 3.8) is 0 Å². The molecule has 104 valence electrons. The molecule has 1 amide bonds. The molecule has 0 radical (unpaired) electrons. The SMILES string of the molecule is CO[C@H]1[C@H]2CC[C@H]1OCCN2C(=O)Cc1ccsc1. The van der Waals surface area contributed by atoms with Crippen molar-refractivity contribution in [2.75, 3.05) is 20.3 Å². The van der Waals surface area contributed by atoms with Crippen molar-refractivity contribution < 1.29 is 14.3 Å². The van der Waals surface area contributed by atoms with Gasteiger partial charge < -0.3 is 14.4 Å². The molecule has 1 aliphatic carbocycles. The number of thiophene rings is 1. The molecule has 1 aliphatic heterocycles. The van der Waals surface area contributed by atoms with E-state index in [0.29, 0.717) is 19.6 Å². The summed E-state index contributed by atoms with van der Waals surface area (Å²) in [6.45, 7) is 1.31. The lowest BCUT2D eigenvalue weighted by molar-refractivity contribution is -0.134. The number of fused-ring (bicyclic) bond motifs is 2. The molecule has 1 saturated heterocycles. The molecular weight excluding hydrogens is 262 g/mol. The number of carbonyl (C=O) groups is 1. The zero-order chi connectivity index (χ0) is 13.2. The van der Waals surface area contributed by atoms with Crippen LogP contribution in [0.15, 0.2) is 16.8 Å². The third kappa shape index (κ3) is 2.55. The molecule has 4 nitrogen and oxygen atoms in total.